The van der Waals surface area contributed by atoms with Crippen LogP contribution in [0.4, 0.5) is 0 Å². The number of hydrogen-bond acceptors (Lipinski definition) is 2. The summed E-state index contributed by atoms with van der Waals surface area (Å²) in [6.45, 7) is 2.54. The van der Waals surface area contributed by atoms with Gasteiger partial charge in [-0.25, -0.2) is 0 Å². The molecule has 56 valence electrons. The van der Waals surface area contributed by atoms with Crippen LogP contribution >= 0.6 is 11.8 Å². The van der Waals surface area contributed by atoms with E-state index in [1.165, 1.54) is 24.3 Å². The Morgan fingerprint density at radius 2 is 2.00 bits per heavy atom. The molecule has 1 nitrogen and oxygen atoms in total. The summed E-state index contributed by atoms with van der Waals surface area (Å²) < 4.78 is 0. The molecule has 1 N–H and O–H groups in total. The fourth-order valence-electron chi connectivity index (χ4n) is 0.637. The van der Waals surface area contributed by atoms with E-state index in [4.69, 9.17) is 5.11 Å². The lowest BCUT2D eigenvalue weighted by atomic mass is 10.3. The van der Waals surface area contributed by atoms with Crippen LogP contribution in [0, 0.1) is 0 Å². The van der Waals surface area contributed by atoms with Gasteiger partial charge >= 0.3 is 0 Å². The topological polar surface area (TPSA) is 20.2 Å². The number of aliphatic hydroxyl groups excluding tert-OH is 1. The number of thioether (sulfide) groups is 1. The van der Waals surface area contributed by atoms with Gasteiger partial charge in [0.15, 0.2) is 0 Å². The van der Waals surface area contributed by atoms with Crippen molar-refractivity contribution in [2.24, 2.45) is 0 Å². The Hall–Kier alpha value is 0.310. The zero-order valence-corrected chi connectivity index (χ0v) is 6.91. The van der Waals surface area contributed by atoms with Crippen molar-refractivity contribution in [3.05, 3.63) is 0 Å². The fourth-order valence-corrected chi connectivity index (χ4v) is 1.33. The summed E-state index contributed by atoms with van der Waals surface area (Å²) in [5.74, 6) is 2.48. The summed E-state index contributed by atoms with van der Waals surface area (Å²) in [6, 6.07) is 0. The highest BCUT2D eigenvalue weighted by Crippen LogP contribution is 2.04. The van der Waals surface area contributed by atoms with Gasteiger partial charge in [-0.1, -0.05) is 13.3 Å². The Balaban J connectivity index is 2.60. The van der Waals surface area contributed by atoms with Crippen LogP contribution in [-0.4, -0.2) is 23.2 Å². The van der Waals surface area contributed by atoms with E-state index in [0.717, 1.165) is 6.42 Å². The summed E-state index contributed by atoms with van der Waals surface area (Å²) in [7, 11) is 0. The van der Waals surface area contributed by atoms with Gasteiger partial charge in [-0.2, -0.15) is 11.8 Å². The van der Waals surface area contributed by atoms with Crippen molar-refractivity contribution in [1.29, 1.82) is 0 Å². The second kappa shape index (κ2) is 8.31. The molecule has 0 aromatic carbocycles. The molecule has 0 saturated carbocycles. The molecule has 0 spiro atoms. The molecule has 2 heteroatoms. The molecule has 0 saturated heterocycles. The number of unbranched alkanes of at least 4 members (excludes halogenated alkanes) is 2. The van der Waals surface area contributed by atoms with E-state index in [0.29, 0.717) is 6.61 Å². The lowest BCUT2D eigenvalue weighted by molar-refractivity contribution is 0.284. The quantitative estimate of drug-likeness (QED) is 0.581. The van der Waals surface area contributed by atoms with Crippen LogP contribution in [0.2, 0.25) is 0 Å². The molecule has 0 aliphatic rings. The third-order valence-corrected chi connectivity index (χ3v) is 2.14. The second-order valence-corrected chi connectivity index (χ2v) is 3.38. The maximum atomic E-state index is 8.42. The average Bonchev–Trinajstić information content (AvgIpc) is 1.89. The largest absolute Gasteiger partial charge is 0.396 e. The summed E-state index contributed by atoms with van der Waals surface area (Å²) in [4.78, 5) is 0. The second-order valence-electron chi connectivity index (χ2n) is 1.98. The highest BCUT2D eigenvalue weighted by molar-refractivity contribution is 7.99. The van der Waals surface area contributed by atoms with Crippen molar-refractivity contribution in [1.82, 2.24) is 0 Å². The van der Waals surface area contributed by atoms with Crippen molar-refractivity contribution in [3.8, 4) is 0 Å². The minimum Gasteiger partial charge on any atom is -0.396 e. The molecular formula is C7H16OS. The monoisotopic (exact) mass is 148 g/mol. The molecule has 0 rings (SSSR count). The van der Waals surface area contributed by atoms with Gasteiger partial charge in [-0.05, 0) is 24.3 Å². The Morgan fingerprint density at radius 1 is 1.22 bits per heavy atom. The fraction of sp³-hybridized carbons (Fsp3) is 1.00. The standard InChI is InChI=1S/C7H16OS/c1-2-9-7-5-3-4-6-8/h8H,2-7H2,1H3. The van der Waals surface area contributed by atoms with Crippen LogP contribution in [0.15, 0.2) is 0 Å². The first-order valence-electron chi connectivity index (χ1n) is 3.60. The van der Waals surface area contributed by atoms with Gasteiger partial charge in [0.25, 0.3) is 0 Å². The van der Waals surface area contributed by atoms with Crippen LogP contribution in [-0.2, 0) is 0 Å². The van der Waals surface area contributed by atoms with E-state index < -0.39 is 0 Å². The molecule has 0 bridgehead atoms. The summed E-state index contributed by atoms with van der Waals surface area (Å²) in [5.41, 5.74) is 0. The van der Waals surface area contributed by atoms with E-state index in [2.05, 4.69) is 6.92 Å². The normalized spacial score (nSPS) is 10.0. The van der Waals surface area contributed by atoms with E-state index in [9.17, 15) is 0 Å². The zero-order chi connectivity index (χ0) is 6.95. The number of hydrogen-bond donors (Lipinski definition) is 1. The SMILES string of the molecule is CCSCCCCCO. The summed E-state index contributed by atoms with van der Waals surface area (Å²) in [5, 5.41) is 8.42. The maximum absolute atomic E-state index is 8.42. The van der Waals surface area contributed by atoms with Crippen molar-refractivity contribution in [2.45, 2.75) is 26.2 Å². The van der Waals surface area contributed by atoms with Crippen molar-refractivity contribution in [2.75, 3.05) is 18.1 Å². The van der Waals surface area contributed by atoms with Gasteiger partial charge in [0.1, 0.15) is 0 Å². The molecule has 0 atom stereocenters. The lowest BCUT2D eigenvalue weighted by Gasteiger charge is -1.95. The van der Waals surface area contributed by atoms with Gasteiger partial charge < -0.3 is 5.11 Å². The lowest BCUT2D eigenvalue weighted by Crippen LogP contribution is -1.85. The van der Waals surface area contributed by atoms with E-state index in [1.807, 2.05) is 11.8 Å². The van der Waals surface area contributed by atoms with Gasteiger partial charge in [0.2, 0.25) is 0 Å². The minimum atomic E-state index is 0.358. The first kappa shape index (κ1) is 9.31. The van der Waals surface area contributed by atoms with Crippen molar-refractivity contribution >= 4 is 11.8 Å². The first-order chi connectivity index (χ1) is 4.41. The summed E-state index contributed by atoms with van der Waals surface area (Å²) in [6.07, 6.45) is 3.42. The van der Waals surface area contributed by atoms with Crippen LogP contribution in [0.3, 0.4) is 0 Å². The molecule has 0 unspecified atom stereocenters. The van der Waals surface area contributed by atoms with Crippen LogP contribution in [0.1, 0.15) is 26.2 Å². The molecule has 0 aliphatic carbocycles. The average molecular weight is 148 g/mol. The molecule has 0 fully saturated rings. The minimum absolute atomic E-state index is 0.358. The van der Waals surface area contributed by atoms with Crippen LogP contribution in [0.25, 0.3) is 0 Å². The van der Waals surface area contributed by atoms with Crippen LogP contribution < -0.4 is 0 Å². The molecule has 0 aromatic heterocycles. The molecular weight excluding hydrogens is 132 g/mol. The highest BCUT2D eigenvalue weighted by Gasteiger charge is 1.86. The predicted octanol–water partition coefficient (Wildman–Crippen LogP) is 1.90. The highest BCUT2D eigenvalue weighted by atomic mass is 32.2. The molecule has 0 aromatic rings. The van der Waals surface area contributed by atoms with E-state index in [-0.39, 0.29) is 0 Å². The van der Waals surface area contributed by atoms with Crippen LogP contribution in [0.5, 0.6) is 0 Å². The Bertz CT molecular complexity index is 42.2. The number of aliphatic hydroxyl groups is 1. The van der Waals surface area contributed by atoms with Gasteiger partial charge in [0, 0.05) is 6.61 Å². The van der Waals surface area contributed by atoms with Gasteiger partial charge in [-0.15, -0.1) is 0 Å². The Kier molecular flexibility index (Phi) is 8.60. The Morgan fingerprint density at radius 3 is 2.56 bits per heavy atom. The Labute approximate surface area is 61.8 Å². The van der Waals surface area contributed by atoms with Gasteiger partial charge in [-0.3, -0.25) is 0 Å². The maximum Gasteiger partial charge on any atom is 0.0431 e. The summed E-state index contributed by atoms with van der Waals surface area (Å²) >= 11 is 1.98. The third-order valence-electron chi connectivity index (χ3n) is 1.15. The molecule has 0 radical (unpaired) electrons. The van der Waals surface area contributed by atoms with Gasteiger partial charge in [0.05, 0.1) is 0 Å². The zero-order valence-electron chi connectivity index (χ0n) is 6.10. The van der Waals surface area contributed by atoms with E-state index in [1.54, 1.807) is 0 Å². The molecule has 0 heterocycles. The predicted molar refractivity (Wildman–Crippen MR) is 43.9 cm³/mol. The van der Waals surface area contributed by atoms with Crippen molar-refractivity contribution in [3.63, 3.8) is 0 Å². The van der Waals surface area contributed by atoms with E-state index >= 15 is 0 Å². The molecule has 0 aliphatic heterocycles. The van der Waals surface area contributed by atoms with Crippen molar-refractivity contribution < 1.29 is 5.11 Å². The third kappa shape index (κ3) is 8.31. The first-order valence-corrected chi connectivity index (χ1v) is 4.76. The number of rotatable bonds is 6. The molecule has 9 heavy (non-hydrogen) atoms. The smallest absolute Gasteiger partial charge is 0.0431 e. The molecule has 0 amide bonds.